The highest BCUT2D eigenvalue weighted by Gasteiger charge is 2.50. The summed E-state index contributed by atoms with van der Waals surface area (Å²) in [6.07, 6.45) is 0.584. The number of alkyl halides is 3. The van der Waals surface area contributed by atoms with Gasteiger partial charge in [-0.1, -0.05) is 12.1 Å². The number of guanidine groups is 1. The fourth-order valence-corrected chi connectivity index (χ4v) is 3.95. The number of hydrogen-bond acceptors (Lipinski definition) is 4. The van der Waals surface area contributed by atoms with Gasteiger partial charge in [-0.15, -0.1) is 0 Å². The summed E-state index contributed by atoms with van der Waals surface area (Å²) in [6, 6.07) is 7.45. The number of ether oxygens (including phenoxy) is 1. The second-order valence-corrected chi connectivity index (χ2v) is 8.94. The summed E-state index contributed by atoms with van der Waals surface area (Å²) < 4.78 is 67.1. The van der Waals surface area contributed by atoms with Crippen LogP contribution in [0.2, 0.25) is 0 Å². The van der Waals surface area contributed by atoms with Crippen molar-refractivity contribution in [3.63, 3.8) is 0 Å². The molecule has 0 spiro atoms. The van der Waals surface area contributed by atoms with Gasteiger partial charge in [-0.25, -0.2) is 8.42 Å². The number of rotatable bonds is 6. The van der Waals surface area contributed by atoms with Gasteiger partial charge in [0.15, 0.2) is 5.96 Å². The van der Waals surface area contributed by atoms with E-state index in [0.717, 1.165) is 11.3 Å². The van der Waals surface area contributed by atoms with Gasteiger partial charge < -0.3 is 15.4 Å². The molecule has 2 N–H and O–H groups in total. The van der Waals surface area contributed by atoms with Gasteiger partial charge >= 0.3 is 15.5 Å². The molecule has 0 unspecified atom stereocenters. The lowest BCUT2D eigenvalue weighted by Gasteiger charge is -2.32. The summed E-state index contributed by atoms with van der Waals surface area (Å²) in [5.74, 6) is 1.26. The summed E-state index contributed by atoms with van der Waals surface area (Å²) in [6.45, 7) is 4.00. The smallest absolute Gasteiger partial charge is 0.491 e. The minimum absolute atomic E-state index is 0.0691. The Morgan fingerprint density at radius 1 is 1.31 bits per heavy atom. The molecule has 0 amide bonds. The average molecular weight is 437 g/mol. The first-order valence-electron chi connectivity index (χ1n) is 9.32. The van der Waals surface area contributed by atoms with Crippen molar-refractivity contribution in [1.29, 1.82) is 0 Å². The number of aliphatic imine (C=N–C) groups is 1. The third kappa shape index (κ3) is 6.49. The predicted octanol–water partition coefficient (Wildman–Crippen LogP) is 2.45. The lowest BCUT2D eigenvalue weighted by molar-refractivity contribution is -0.0494. The first-order chi connectivity index (χ1) is 13.5. The third-order valence-electron chi connectivity index (χ3n) is 4.38. The van der Waals surface area contributed by atoms with E-state index < -0.39 is 15.5 Å². The van der Waals surface area contributed by atoms with Crippen LogP contribution in [-0.4, -0.2) is 56.5 Å². The quantitative estimate of drug-likeness (QED) is 0.529. The van der Waals surface area contributed by atoms with E-state index in [0.29, 0.717) is 16.8 Å². The van der Waals surface area contributed by atoms with Gasteiger partial charge in [0.25, 0.3) is 0 Å². The van der Waals surface area contributed by atoms with E-state index in [1.54, 1.807) is 7.05 Å². The van der Waals surface area contributed by atoms with Crippen molar-refractivity contribution in [3.8, 4) is 5.75 Å². The molecule has 0 aromatic heterocycles. The fourth-order valence-electron chi connectivity index (χ4n) is 2.96. The molecule has 1 saturated heterocycles. The Morgan fingerprint density at radius 2 is 1.97 bits per heavy atom. The van der Waals surface area contributed by atoms with Crippen LogP contribution in [-0.2, 0) is 16.6 Å². The Labute approximate surface area is 169 Å². The highest BCUT2D eigenvalue weighted by Crippen LogP contribution is 2.28. The molecule has 1 aliphatic rings. The van der Waals surface area contributed by atoms with E-state index in [2.05, 4.69) is 15.6 Å². The number of nitrogens with zero attached hydrogens (tertiary/aromatic N) is 2. The number of nitrogens with one attached hydrogen (secondary N) is 2. The van der Waals surface area contributed by atoms with Crippen molar-refractivity contribution >= 4 is 16.0 Å². The summed E-state index contributed by atoms with van der Waals surface area (Å²) in [4.78, 5) is 4.13. The molecule has 1 heterocycles. The lowest BCUT2D eigenvalue weighted by Crippen LogP contribution is -2.51. The van der Waals surface area contributed by atoms with Gasteiger partial charge in [0.2, 0.25) is 0 Å². The van der Waals surface area contributed by atoms with E-state index in [1.165, 1.54) is 0 Å². The molecule has 1 fully saturated rings. The zero-order chi connectivity index (χ0) is 21.7. The zero-order valence-corrected chi connectivity index (χ0v) is 17.5. The molecule has 0 saturated carbocycles. The topological polar surface area (TPSA) is 83.0 Å². The zero-order valence-electron chi connectivity index (χ0n) is 16.7. The SMILES string of the molecule is CN=C(NCc1cccc(OC(C)C)c1)NC1CCN(S(=O)(=O)C(F)(F)F)CC1. The molecular weight excluding hydrogens is 409 g/mol. The monoisotopic (exact) mass is 436 g/mol. The lowest BCUT2D eigenvalue weighted by atomic mass is 10.1. The number of halogens is 3. The van der Waals surface area contributed by atoms with Gasteiger partial charge in [-0.3, -0.25) is 4.99 Å². The number of sulfonamides is 1. The Morgan fingerprint density at radius 3 is 2.52 bits per heavy atom. The molecule has 0 atom stereocenters. The molecule has 29 heavy (non-hydrogen) atoms. The molecule has 7 nitrogen and oxygen atoms in total. The molecule has 1 aliphatic heterocycles. The fraction of sp³-hybridized carbons (Fsp3) is 0.611. The van der Waals surface area contributed by atoms with Crippen molar-refractivity contribution in [1.82, 2.24) is 14.9 Å². The number of hydrogen-bond donors (Lipinski definition) is 2. The highest BCUT2D eigenvalue weighted by molar-refractivity contribution is 7.90. The number of piperidine rings is 1. The Kier molecular flexibility index (Phi) is 7.75. The average Bonchev–Trinajstić information content (AvgIpc) is 2.64. The first kappa shape index (κ1) is 23.3. The second kappa shape index (κ2) is 9.66. The molecule has 0 aliphatic carbocycles. The van der Waals surface area contributed by atoms with Gasteiger partial charge in [-0.2, -0.15) is 17.5 Å². The largest absolute Gasteiger partial charge is 0.511 e. The van der Waals surface area contributed by atoms with Crippen molar-refractivity contribution in [2.45, 2.75) is 50.9 Å². The van der Waals surface area contributed by atoms with Gasteiger partial charge in [0, 0.05) is 32.7 Å². The van der Waals surface area contributed by atoms with Crippen LogP contribution in [0.4, 0.5) is 13.2 Å². The van der Waals surface area contributed by atoms with Gasteiger partial charge in [-0.05, 0) is 44.4 Å². The van der Waals surface area contributed by atoms with Crippen molar-refractivity contribution in [3.05, 3.63) is 29.8 Å². The Balaban J connectivity index is 1.86. The van der Waals surface area contributed by atoms with Crippen LogP contribution in [0.25, 0.3) is 0 Å². The normalized spacial score (nSPS) is 17.4. The van der Waals surface area contributed by atoms with Gasteiger partial charge in [0.1, 0.15) is 5.75 Å². The summed E-state index contributed by atoms with van der Waals surface area (Å²) in [5, 5.41) is 6.29. The maximum Gasteiger partial charge on any atom is 0.511 e. The van der Waals surface area contributed by atoms with Crippen LogP contribution in [0.15, 0.2) is 29.3 Å². The van der Waals surface area contributed by atoms with Crippen LogP contribution in [0.1, 0.15) is 32.3 Å². The summed E-state index contributed by atoms with van der Waals surface area (Å²) >= 11 is 0. The Bertz CT molecular complexity index is 805. The van der Waals surface area contributed by atoms with Crippen LogP contribution in [0.5, 0.6) is 5.75 Å². The minimum Gasteiger partial charge on any atom is -0.491 e. The van der Waals surface area contributed by atoms with Crippen LogP contribution >= 0.6 is 0 Å². The molecular formula is C18H27F3N4O3S. The molecule has 0 radical (unpaired) electrons. The second-order valence-electron chi connectivity index (χ2n) is 7.01. The van der Waals surface area contributed by atoms with Crippen molar-refractivity contribution < 1.29 is 26.3 Å². The van der Waals surface area contributed by atoms with Crippen molar-refractivity contribution in [2.75, 3.05) is 20.1 Å². The predicted molar refractivity (Wildman–Crippen MR) is 105 cm³/mol. The molecule has 2 rings (SSSR count). The minimum atomic E-state index is -5.27. The van der Waals surface area contributed by atoms with Crippen LogP contribution in [0.3, 0.4) is 0 Å². The van der Waals surface area contributed by atoms with E-state index in [1.807, 2.05) is 38.1 Å². The molecule has 0 bridgehead atoms. The van der Waals surface area contributed by atoms with Gasteiger partial charge in [0.05, 0.1) is 6.10 Å². The van der Waals surface area contributed by atoms with E-state index in [-0.39, 0.29) is 38.1 Å². The molecule has 11 heteroatoms. The Hall–Kier alpha value is -2.01. The summed E-state index contributed by atoms with van der Waals surface area (Å²) in [5.41, 5.74) is -4.28. The standard InChI is InChI=1S/C18H27F3N4O3S/c1-13(2)28-16-6-4-5-14(11-16)12-23-17(22-3)24-15-7-9-25(10-8-15)29(26,27)18(19,20)21/h4-6,11,13,15H,7-10,12H2,1-3H3,(H2,22,23,24). The van der Waals surface area contributed by atoms with Crippen LogP contribution in [0, 0.1) is 0 Å². The maximum absolute atomic E-state index is 12.7. The van der Waals surface area contributed by atoms with Crippen LogP contribution < -0.4 is 15.4 Å². The van der Waals surface area contributed by atoms with E-state index in [4.69, 9.17) is 4.74 Å². The molecule has 164 valence electrons. The summed E-state index contributed by atoms with van der Waals surface area (Å²) in [7, 11) is -3.67. The van der Waals surface area contributed by atoms with E-state index >= 15 is 0 Å². The highest BCUT2D eigenvalue weighted by atomic mass is 32.2. The van der Waals surface area contributed by atoms with Crippen molar-refractivity contribution in [2.24, 2.45) is 4.99 Å². The number of benzene rings is 1. The third-order valence-corrected chi connectivity index (χ3v) is 6.01. The molecule has 1 aromatic carbocycles. The van der Waals surface area contributed by atoms with E-state index in [9.17, 15) is 21.6 Å². The molecule has 1 aromatic rings. The maximum atomic E-state index is 12.7. The first-order valence-corrected chi connectivity index (χ1v) is 10.8.